The molecule has 0 aliphatic heterocycles. The van der Waals surface area contributed by atoms with Gasteiger partial charge in [-0.3, -0.25) is 4.68 Å². The molecule has 0 saturated heterocycles. The van der Waals surface area contributed by atoms with Crippen molar-refractivity contribution in [3.8, 4) is 0 Å². The van der Waals surface area contributed by atoms with Gasteiger partial charge in [-0.1, -0.05) is 6.92 Å². The molecule has 1 N–H and O–H groups in total. The third-order valence-corrected chi connectivity index (χ3v) is 3.78. The number of hydrogen-bond donors (Lipinski definition) is 1. The van der Waals surface area contributed by atoms with Gasteiger partial charge >= 0.3 is 0 Å². The predicted octanol–water partition coefficient (Wildman–Crippen LogP) is 3.11. The van der Waals surface area contributed by atoms with Crippen molar-refractivity contribution in [3.63, 3.8) is 0 Å². The Morgan fingerprint density at radius 2 is 2.22 bits per heavy atom. The van der Waals surface area contributed by atoms with Crippen LogP contribution in [-0.4, -0.2) is 9.78 Å². The lowest BCUT2D eigenvalue weighted by Gasteiger charge is -2.06. The summed E-state index contributed by atoms with van der Waals surface area (Å²) in [6, 6.07) is 3.87. The molecule has 0 aliphatic carbocycles. The van der Waals surface area contributed by atoms with E-state index >= 15 is 0 Å². The van der Waals surface area contributed by atoms with Crippen LogP contribution in [0.25, 0.3) is 0 Å². The molecule has 0 aromatic carbocycles. The lowest BCUT2D eigenvalue weighted by atomic mass is 10.3. The number of halogens is 1. The number of rotatable bonds is 6. The minimum absolute atomic E-state index is 0.732. The summed E-state index contributed by atoms with van der Waals surface area (Å²) in [4.78, 5) is 0. The fraction of sp³-hybridized carbons (Fsp3) is 0.462. The van der Waals surface area contributed by atoms with E-state index < -0.39 is 0 Å². The molecule has 2 aromatic rings. The quantitative estimate of drug-likeness (QED) is 0.891. The standard InChI is InChI=1S/C13H18BrN3O/c1-3-11-13(14)12(17(4-2)16-11)9-15-8-10-6-5-7-18-10/h5-7,15H,3-4,8-9H2,1-2H3. The number of nitrogens with zero attached hydrogens (tertiary/aromatic N) is 2. The van der Waals surface area contributed by atoms with Gasteiger partial charge < -0.3 is 9.73 Å². The molecule has 0 radical (unpaired) electrons. The summed E-state index contributed by atoms with van der Waals surface area (Å²) < 4.78 is 8.45. The Hall–Kier alpha value is -1.07. The summed E-state index contributed by atoms with van der Waals surface area (Å²) in [5, 5.41) is 7.94. The SMILES string of the molecule is CCc1nn(CC)c(CNCc2ccco2)c1Br. The second kappa shape index (κ2) is 6.20. The Morgan fingerprint density at radius 3 is 2.83 bits per heavy atom. The second-order valence-electron chi connectivity index (χ2n) is 4.06. The molecule has 5 heteroatoms. The fourth-order valence-electron chi connectivity index (χ4n) is 1.90. The first-order valence-electron chi connectivity index (χ1n) is 6.23. The zero-order valence-electron chi connectivity index (χ0n) is 10.7. The van der Waals surface area contributed by atoms with Crippen LogP contribution in [0.5, 0.6) is 0 Å². The lowest BCUT2D eigenvalue weighted by Crippen LogP contribution is -2.16. The normalized spacial score (nSPS) is 11.1. The highest BCUT2D eigenvalue weighted by Gasteiger charge is 2.13. The van der Waals surface area contributed by atoms with Crippen LogP contribution < -0.4 is 5.32 Å². The first-order chi connectivity index (χ1) is 8.76. The van der Waals surface area contributed by atoms with E-state index in [1.807, 2.05) is 16.8 Å². The zero-order chi connectivity index (χ0) is 13.0. The molecule has 18 heavy (non-hydrogen) atoms. The van der Waals surface area contributed by atoms with Crippen molar-refractivity contribution in [3.05, 3.63) is 40.0 Å². The molecule has 2 heterocycles. The predicted molar refractivity (Wildman–Crippen MR) is 74.2 cm³/mol. The maximum absolute atomic E-state index is 5.29. The van der Waals surface area contributed by atoms with Crippen LogP contribution in [0, 0.1) is 0 Å². The molecule has 98 valence electrons. The molecule has 0 fully saturated rings. The van der Waals surface area contributed by atoms with E-state index in [1.165, 1.54) is 5.69 Å². The van der Waals surface area contributed by atoms with Crippen molar-refractivity contribution >= 4 is 15.9 Å². The largest absolute Gasteiger partial charge is 0.468 e. The van der Waals surface area contributed by atoms with Crippen molar-refractivity contribution < 1.29 is 4.42 Å². The number of nitrogens with one attached hydrogen (secondary N) is 1. The van der Waals surface area contributed by atoms with Crippen molar-refractivity contribution in [1.82, 2.24) is 15.1 Å². The van der Waals surface area contributed by atoms with E-state index in [0.717, 1.165) is 42.0 Å². The molecule has 2 aromatic heterocycles. The number of furan rings is 1. The average Bonchev–Trinajstić information content (AvgIpc) is 2.99. The first-order valence-corrected chi connectivity index (χ1v) is 7.02. The third kappa shape index (κ3) is 2.84. The first kappa shape index (κ1) is 13.4. The maximum atomic E-state index is 5.29. The minimum Gasteiger partial charge on any atom is -0.468 e. The summed E-state index contributed by atoms with van der Waals surface area (Å²) in [5.74, 6) is 0.949. The third-order valence-electron chi connectivity index (χ3n) is 2.87. The van der Waals surface area contributed by atoms with Crippen LogP contribution in [0.3, 0.4) is 0 Å². The highest BCUT2D eigenvalue weighted by atomic mass is 79.9. The summed E-state index contributed by atoms with van der Waals surface area (Å²) in [6.07, 6.45) is 2.64. The van der Waals surface area contributed by atoms with Crippen molar-refractivity contribution in [2.24, 2.45) is 0 Å². The van der Waals surface area contributed by atoms with Gasteiger partial charge in [0.2, 0.25) is 0 Å². The van der Waals surface area contributed by atoms with Crippen LogP contribution >= 0.6 is 15.9 Å². The van der Waals surface area contributed by atoms with Gasteiger partial charge in [0.1, 0.15) is 5.76 Å². The van der Waals surface area contributed by atoms with Gasteiger partial charge in [0, 0.05) is 13.1 Å². The Labute approximate surface area is 115 Å². The summed E-state index contributed by atoms with van der Waals surface area (Å²) >= 11 is 3.64. The van der Waals surface area contributed by atoms with Crippen molar-refractivity contribution in [2.45, 2.75) is 39.9 Å². The molecule has 4 nitrogen and oxygen atoms in total. The molecule has 0 bridgehead atoms. The van der Waals surface area contributed by atoms with Gasteiger partial charge in [0.05, 0.1) is 28.7 Å². The second-order valence-corrected chi connectivity index (χ2v) is 4.85. The van der Waals surface area contributed by atoms with Crippen LogP contribution in [0.15, 0.2) is 27.3 Å². The van der Waals surface area contributed by atoms with Crippen LogP contribution in [-0.2, 0) is 26.1 Å². The number of hydrogen-bond acceptors (Lipinski definition) is 3. The molecule has 0 aliphatic rings. The van der Waals surface area contributed by atoms with E-state index in [0.29, 0.717) is 0 Å². The van der Waals surface area contributed by atoms with Crippen molar-refractivity contribution in [1.29, 1.82) is 0 Å². The van der Waals surface area contributed by atoms with Gasteiger partial charge in [-0.05, 0) is 41.4 Å². The molecular formula is C13H18BrN3O. The molecular weight excluding hydrogens is 294 g/mol. The topological polar surface area (TPSA) is 43.0 Å². The Kier molecular flexibility index (Phi) is 4.60. The minimum atomic E-state index is 0.732. The summed E-state index contributed by atoms with van der Waals surface area (Å²) in [6.45, 7) is 6.62. The molecule has 0 amide bonds. The van der Waals surface area contributed by atoms with Crippen LogP contribution in [0.2, 0.25) is 0 Å². The molecule has 0 spiro atoms. The van der Waals surface area contributed by atoms with Crippen LogP contribution in [0.4, 0.5) is 0 Å². The Bertz CT molecular complexity index is 491. The van der Waals surface area contributed by atoms with Gasteiger partial charge in [0.25, 0.3) is 0 Å². The smallest absolute Gasteiger partial charge is 0.117 e. The summed E-state index contributed by atoms with van der Waals surface area (Å²) in [7, 11) is 0. The molecule has 0 unspecified atom stereocenters. The zero-order valence-corrected chi connectivity index (χ0v) is 12.3. The Morgan fingerprint density at radius 1 is 1.39 bits per heavy atom. The molecule has 0 saturated carbocycles. The lowest BCUT2D eigenvalue weighted by molar-refractivity contribution is 0.476. The van der Waals surface area contributed by atoms with Crippen molar-refractivity contribution in [2.75, 3.05) is 0 Å². The molecule has 2 rings (SSSR count). The highest BCUT2D eigenvalue weighted by molar-refractivity contribution is 9.10. The highest BCUT2D eigenvalue weighted by Crippen LogP contribution is 2.22. The van der Waals surface area contributed by atoms with E-state index in [-0.39, 0.29) is 0 Å². The molecule has 0 atom stereocenters. The van der Waals surface area contributed by atoms with Gasteiger partial charge in [0.15, 0.2) is 0 Å². The van der Waals surface area contributed by atoms with Gasteiger partial charge in [-0.25, -0.2) is 0 Å². The van der Waals surface area contributed by atoms with E-state index in [9.17, 15) is 0 Å². The monoisotopic (exact) mass is 311 g/mol. The summed E-state index contributed by atoms with van der Waals surface area (Å²) in [5.41, 5.74) is 2.31. The number of aryl methyl sites for hydroxylation is 2. The van der Waals surface area contributed by atoms with E-state index in [2.05, 4.69) is 40.2 Å². The number of aromatic nitrogens is 2. The van der Waals surface area contributed by atoms with Gasteiger partial charge in [-0.15, -0.1) is 0 Å². The average molecular weight is 312 g/mol. The maximum Gasteiger partial charge on any atom is 0.117 e. The van der Waals surface area contributed by atoms with Crippen LogP contribution in [0.1, 0.15) is 31.0 Å². The fourth-order valence-corrected chi connectivity index (χ4v) is 2.61. The Balaban J connectivity index is 2.01. The van der Waals surface area contributed by atoms with E-state index in [1.54, 1.807) is 6.26 Å². The van der Waals surface area contributed by atoms with Gasteiger partial charge in [-0.2, -0.15) is 5.10 Å². The van der Waals surface area contributed by atoms with E-state index in [4.69, 9.17) is 4.42 Å².